The molecule has 0 aromatic heterocycles. The van der Waals surface area contributed by atoms with Gasteiger partial charge in [0, 0.05) is 36.6 Å². The number of guanidine groups is 1. The van der Waals surface area contributed by atoms with Crippen LogP contribution in [0.2, 0.25) is 0 Å². The summed E-state index contributed by atoms with van der Waals surface area (Å²) in [6.07, 6.45) is 1.10. The van der Waals surface area contributed by atoms with Gasteiger partial charge in [-0.3, -0.25) is 4.99 Å². The van der Waals surface area contributed by atoms with Crippen LogP contribution in [-0.4, -0.2) is 55.2 Å². The van der Waals surface area contributed by atoms with Gasteiger partial charge in [-0.05, 0) is 6.42 Å². The molecule has 2 saturated heterocycles. The van der Waals surface area contributed by atoms with Crippen LogP contribution in [0.4, 0.5) is 0 Å². The SMILES string of the molecule is CC1(CN=C(N)N2CCSCC2)CCOC1. The quantitative estimate of drug-likeness (QED) is 0.575. The first-order valence-corrected chi connectivity index (χ1v) is 7.05. The summed E-state index contributed by atoms with van der Waals surface area (Å²) in [6.45, 7) is 6.78. The van der Waals surface area contributed by atoms with E-state index in [1.54, 1.807) is 0 Å². The van der Waals surface area contributed by atoms with Crippen molar-refractivity contribution in [1.82, 2.24) is 4.90 Å². The Morgan fingerprint density at radius 2 is 2.25 bits per heavy atom. The Kier molecular flexibility index (Phi) is 3.97. The minimum absolute atomic E-state index is 0.204. The first-order valence-electron chi connectivity index (χ1n) is 5.90. The van der Waals surface area contributed by atoms with Crippen LogP contribution in [0.25, 0.3) is 0 Å². The molecule has 0 radical (unpaired) electrons. The molecule has 2 rings (SSSR count). The van der Waals surface area contributed by atoms with E-state index in [0.29, 0.717) is 5.96 Å². The lowest BCUT2D eigenvalue weighted by Gasteiger charge is -2.28. The van der Waals surface area contributed by atoms with Crippen molar-refractivity contribution in [2.24, 2.45) is 16.1 Å². The Balaban J connectivity index is 1.85. The van der Waals surface area contributed by atoms with Gasteiger partial charge in [-0.2, -0.15) is 11.8 Å². The first-order chi connectivity index (χ1) is 7.70. The van der Waals surface area contributed by atoms with Crippen LogP contribution in [0.5, 0.6) is 0 Å². The largest absolute Gasteiger partial charge is 0.381 e. The smallest absolute Gasteiger partial charge is 0.191 e. The Bertz CT molecular complexity index is 258. The molecule has 16 heavy (non-hydrogen) atoms. The molecule has 0 spiro atoms. The number of ether oxygens (including phenoxy) is 1. The highest BCUT2D eigenvalue weighted by Crippen LogP contribution is 2.27. The topological polar surface area (TPSA) is 50.8 Å². The highest BCUT2D eigenvalue weighted by Gasteiger charge is 2.29. The summed E-state index contributed by atoms with van der Waals surface area (Å²) in [5, 5.41) is 0. The summed E-state index contributed by atoms with van der Waals surface area (Å²) < 4.78 is 5.41. The average Bonchev–Trinajstić information content (AvgIpc) is 2.75. The van der Waals surface area contributed by atoms with Gasteiger partial charge in [-0.1, -0.05) is 6.92 Å². The molecule has 2 aliphatic heterocycles. The normalized spacial score (nSPS) is 32.1. The Labute approximate surface area is 102 Å². The van der Waals surface area contributed by atoms with Crippen LogP contribution < -0.4 is 5.73 Å². The number of hydrogen-bond donors (Lipinski definition) is 1. The lowest BCUT2D eigenvalue weighted by Crippen LogP contribution is -2.43. The van der Waals surface area contributed by atoms with E-state index in [-0.39, 0.29) is 5.41 Å². The molecule has 2 aliphatic rings. The van der Waals surface area contributed by atoms with Gasteiger partial charge in [0.2, 0.25) is 0 Å². The van der Waals surface area contributed by atoms with E-state index >= 15 is 0 Å². The molecule has 92 valence electrons. The van der Waals surface area contributed by atoms with E-state index in [4.69, 9.17) is 10.5 Å². The number of thioether (sulfide) groups is 1. The fraction of sp³-hybridized carbons (Fsp3) is 0.909. The lowest BCUT2D eigenvalue weighted by molar-refractivity contribution is 0.162. The molecule has 4 nitrogen and oxygen atoms in total. The predicted octanol–water partition coefficient (Wildman–Crippen LogP) is 0.776. The van der Waals surface area contributed by atoms with E-state index in [1.807, 2.05) is 11.8 Å². The van der Waals surface area contributed by atoms with Gasteiger partial charge in [-0.15, -0.1) is 0 Å². The van der Waals surface area contributed by atoms with Crippen molar-refractivity contribution in [2.45, 2.75) is 13.3 Å². The second-order valence-corrected chi connectivity index (χ2v) is 6.11. The Hall–Kier alpha value is -0.420. The van der Waals surface area contributed by atoms with Crippen molar-refractivity contribution >= 4 is 17.7 Å². The van der Waals surface area contributed by atoms with Crippen molar-refractivity contribution in [1.29, 1.82) is 0 Å². The van der Waals surface area contributed by atoms with Crippen LogP contribution in [-0.2, 0) is 4.74 Å². The summed E-state index contributed by atoms with van der Waals surface area (Å²) in [4.78, 5) is 6.72. The first kappa shape index (κ1) is 12.0. The highest BCUT2D eigenvalue weighted by molar-refractivity contribution is 7.99. The van der Waals surface area contributed by atoms with E-state index in [2.05, 4.69) is 16.8 Å². The van der Waals surface area contributed by atoms with Gasteiger partial charge in [0.15, 0.2) is 5.96 Å². The van der Waals surface area contributed by atoms with Gasteiger partial charge >= 0.3 is 0 Å². The molecule has 1 atom stereocenters. The third-order valence-electron chi connectivity index (χ3n) is 3.26. The van der Waals surface area contributed by atoms with Gasteiger partial charge in [-0.25, -0.2) is 0 Å². The maximum Gasteiger partial charge on any atom is 0.191 e. The molecule has 0 aromatic rings. The molecule has 5 heteroatoms. The Morgan fingerprint density at radius 1 is 1.50 bits per heavy atom. The van der Waals surface area contributed by atoms with Crippen LogP contribution in [0.1, 0.15) is 13.3 Å². The van der Waals surface area contributed by atoms with Crippen LogP contribution >= 0.6 is 11.8 Å². The fourth-order valence-electron chi connectivity index (χ4n) is 2.00. The lowest BCUT2D eigenvalue weighted by atomic mass is 9.90. The molecule has 2 fully saturated rings. The minimum Gasteiger partial charge on any atom is -0.381 e. The third kappa shape index (κ3) is 3.04. The zero-order valence-corrected chi connectivity index (χ0v) is 10.8. The number of nitrogens with two attached hydrogens (primary N) is 1. The number of hydrogen-bond acceptors (Lipinski definition) is 3. The maximum atomic E-state index is 6.01. The van der Waals surface area contributed by atoms with Crippen molar-refractivity contribution in [2.75, 3.05) is 44.4 Å². The maximum absolute atomic E-state index is 6.01. The molecule has 0 amide bonds. The number of aliphatic imine (C=N–C) groups is 1. The zero-order chi connectivity index (χ0) is 11.4. The number of nitrogens with zero attached hydrogens (tertiary/aromatic N) is 2. The second kappa shape index (κ2) is 5.27. The summed E-state index contributed by atoms with van der Waals surface area (Å²) in [6, 6.07) is 0. The van der Waals surface area contributed by atoms with Crippen molar-refractivity contribution in [3.8, 4) is 0 Å². The van der Waals surface area contributed by atoms with Gasteiger partial charge in [0.25, 0.3) is 0 Å². The Morgan fingerprint density at radius 3 is 2.88 bits per heavy atom. The molecule has 0 bridgehead atoms. The van der Waals surface area contributed by atoms with Gasteiger partial charge < -0.3 is 15.4 Å². The van der Waals surface area contributed by atoms with Crippen LogP contribution in [0.3, 0.4) is 0 Å². The van der Waals surface area contributed by atoms with Gasteiger partial charge in [0.1, 0.15) is 0 Å². The molecule has 0 aliphatic carbocycles. The van der Waals surface area contributed by atoms with E-state index in [1.165, 1.54) is 0 Å². The molecular weight excluding hydrogens is 222 g/mol. The zero-order valence-electron chi connectivity index (χ0n) is 9.95. The van der Waals surface area contributed by atoms with E-state index in [9.17, 15) is 0 Å². The monoisotopic (exact) mass is 243 g/mol. The average molecular weight is 243 g/mol. The van der Waals surface area contributed by atoms with E-state index in [0.717, 1.165) is 50.8 Å². The molecule has 0 aromatic carbocycles. The molecular formula is C11H21N3OS. The minimum atomic E-state index is 0.204. The van der Waals surface area contributed by atoms with Crippen LogP contribution in [0.15, 0.2) is 4.99 Å². The third-order valence-corrected chi connectivity index (χ3v) is 4.20. The molecule has 1 unspecified atom stereocenters. The standard InChI is InChI=1S/C11H21N3OS/c1-11(2-5-15-9-11)8-13-10(12)14-3-6-16-7-4-14/h2-9H2,1H3,(H2,12,13). The van der Waals surface area contributed by atoms with Crippen molar-refractivity contribution < 1.29 is 4.74 Å². The predicted molar refractivity (Wildman–Crippen MR) is 68.9 cm³/mol. The molecule has 2 heterocycles. The van der Waals surface area contributed by atoms with Gasteiger partial charge in [0.05, 0.1) is 13.2 Å². The molecule has 2 N–H and O–H groups in total. The second-order valence-electron chi connectivity index (χ2n) is 4.89. The van der Waals surface area contributed by atoms with Crippen LogP contribution in [0, 0.1) is 5.41 Å². The summed E-state index contributed by atoms with van der Waals surface area (Å²) >= 11 is 1.99. The fourth-order valence-corrected chi connectivity index (χ4v) is 2.90. The van der Waals surface area contributed by atoms with Crippen molar-refractivity contribution in [3.05, 3.63) is 0 Å². The summed E-state index contributed by atoms with van der Waals surface area (Å²) in [5.74, 6) is 3.04. The van der Waals surface area contributed by atoms with Crippen molar-refractivity contribution in [3.63, 3.8) is 0 Å². The summed E-state index contributed by atoms with van der Waals surface area (Å²) in [5.41, 5.74) is 6.21. The highest BCUT2D eigenvalue weighted by atomic mass is 32.2. The number of rotatable bonds is 2. The van der Waals surface area contributed by atoms with E-state index < -0.39 is 0 Å². The molecule has 0 saturated carbocycles. The summed E-state index contributed by atoms with van der Waals surface area (Å²) in [7, 11) is 0.